The molecule has 2 aromatic heterocycles. The van der Waals surface area contributed by atoms with Crippen LogP contribution >= 0.6 is 0 Å². The number of anilines is 1. The Morgan fingerprint density at radius 3 is 2.33 bits per heavy atom. The zero-order valence-corrected chi connectivity index (χ0v) is 7.68. The fourth-order valence-electron chi connectivity index (χ4n) is 0.685. The van der Waals surface area contributed by atoms with Gasteiger partial charge in [0, 0.05) is 18.5 Å². The first kappa shape index (κ1) is 10.6. The fourth-order valence-corrected chi connectivity index (χ4v) is 0.685. The van der Waals surface area contributed by atoms with Gasteiger partial charge in [-0.3, -0.25) is 9.78 Å². The molecule has 7 nitrogen and oxygen atoms in total. The molecule has 0 saturated carbocycles. The maximum absolute atomic E-state index is 10.2. The summed E-state index contributed by atoms with van der Waals surface area (Å²) in [5, 5.41) is 0. The van der Waals surface area contributed by atoms with Gasteiger partial charge in [0.1, 0.15) is 5.82 Å². The maximum atomic E-state index is 10.2. The number of hydrogen-bond acceptors (Lipinski definition) is 5. The van der Waals surface area contributed by atoms with Crippen molar-refractivity contribution in [1.82, 2.24) is 19.9 Å². The summed E-state index contributed by atoms with van der Waals surface area (Å²) in [6, 6.07) is 2.88. The van der Waals surface area contributed by atoms with E-state index in [2.05, 4.69) is 19.9 Å². The molecule has 0 spiro atoms. The molecular formula is C8H9N5O2. The van der Waals surface area contributed by atoms with E-state index in [1.165, 1.54) is 30.9 Å². The number of aromatic nitrogens is 4. The van der Waals surface area contributed by atoms with E-state index in [0.29, 0.717) is 5.82 Å². The van der Waals surface area contributed by atoms with Gasteiger partial charge < -0.3 is 10.7 Å². The number of H-pyrrole nitrogens is 2. The molecule has 4 N–H and O–H groups in total. The van der Waals surface area contributed by atoms with Gasteiger partial charge in [-0.15, -0.1) is 0 Å². The van der Waals surface area contributed by atoms with Crippen molar-refractivity contribution in [3.8, 4) is 0 Å². The Hall–Kier alpha value is -2.44. The Bertz CT molecular complexity index is 501. The third-order valence-corrected chi connectivity index (χ3v) is 1.29. The number of rotatable bonds is 0. The number of nitrogens with one attached hydrogen (secondary N) is 2. The lowest BCUT2D eigenvalue weighted by atomic mass is 10.6. The SMILES string of the molecule is Nc1ccnc(=O)[nH]1.O=c1ccnc[nH]1. The van der Waals surface area contributed by atoms with Gasteiger partial charge in [0.05, 0.1) is 6.33 Å². The van der Waals surface area contributed by atoms with Crippen LogP contribution in [0, 0.1) is 0 Å². The first-order valence-corrected chi connectivity index (χ1v) is 3.98. The Balaban J connectivity index is 0.000000151. The maximum Gasteiger partial charge on any atom is 0.346 e. The molecule has 0 aliphatic heterocycles. The first-order chi connectivity index (χ1) is 7.18. The smallest absolute Gasteiger partial charge is 0.346 e. The highest BCUT2D eigenvalue weighted by Gasteiger charge is 1.80. The van der Waals surface area contributed by atoms with E-state index in [-0.39, 0.29) is 5.56 Å². The summed E-state index contributed by atoms with van der Waals surface area (Å²) in [5.74, 6) is 0.338. The van der Waals surface area contributed by atoms with Gasteiger partial charge in [0.2, 0.25) is 0 Å². The minimum absolute atomic E-state index is 0.116. The molecule has 7 heteroatoms. The second kappa shape index (κ2) is 5.32. The normalized spacial score (nSPS) is 8.80. The molecular weight excluding hydrogens is 198 g/mol. The summed E-state index contributed by atoms with van der Waals surface area (Å²) in [5.41, 5.74) is 4.64. The molecule has 0 fully saturated rings. The largest absolute Gasteiger partial charge is 0.385 e. The summed E-state index contributed by atoms with van der Waals surface area (Å²) >= 11 is 0. The Kier molecular flexibility index (Phi) is 3.78. The van der Waals surface area contributed by atoms with Gasteiger partial charge >= 0.3 is 5.69 Å². The number of nitrogens with two attached hydrogens (primary N) is 1. The van der Waals surface area contributed by atoms with Crippen LogP contribution in [0.5, 0.6) is 0 Å². The molecule has 0 aliphatic carbocycles. The van der Waals surface area contributed by atoms with Crippen LogP contribution in [0.15, 0.2) is 40.4 Å². The molecule has 2 rings (SSSR count). The summed E-state index contributed by atoms with van der Waals surface area (Å²) in [7, 11) is 0. The van der Waals surface area contributed by atoms with Crippen LogP contribution in [0.4, 0.5) is 5.82 Å². The Morgan fingerprint density at radius 1 is 1.20 bits per heavy atom. The summed E-state index contributed by atoms with van der Waals surface area (Å²) in [4.78, 5) is 32.0. The van der Waals surface area contributed by atoms with E-state index in [0.717, 1.165) is 0 Å². The molecule has 0 aliphatic rings. The lowest BCUT2D eigenvalue weighted by molar-refractivity contribution is 1.08. The summed E-state index contributed by atoms with van der Waals surface area (Å²) in [6.07, 6.45) is 4.15. The highest BCUT2D eigenvalue weighted by atomic mass is 16.1. The molecule has 0 aromatic carbocycles. The average Bonchev–Trinajstić information content (AvgIpc) is 2.19. The molecule has 0 saturated heterocycles. The van der Waals surface area contributed by atoms with Crippen LogP contribution in [0.25, 0.3) is 0 Å². The molecule has 0 unspecified atom stereocenters. The van der Waals surface area contributed by atoms with Gasteiger partial charge in [0.15, 0.2) is 0 Å². The zero-order valence-electron chi connectivity index (χ0n) is 7.68. The van der Waals surface area contributed by atoms with E-state index >= 15 is 0 Å². The predicted molar refractivity (Wildman–Crippen MR) is 54.1 cm³/mol. The van der Waals surface area contributed by atoms with Gasteiger partial charge in [0.25, 0.3) is 5.56 Å². The topological polar surface area (TPSA) is 118 Å². The second-order valence-corrected chi connectivity index (χ2v) is 2.43. The van der Waals surface area contributed by atoms with Crippen molar-refractivity contribution in [3.63, 3.8) is 0 Å². The number of hydrogen-bond donors (Lipinski definition) is 3. The Morgan fingerprint density at radius 2 is 2.00 bits per heavy atom. The van der Waals surface area contributed by atoms with Crippen LogP contribution in [0.3, 0.4) is 0 Å². The first-order valence-electron chi connectivity index (χ1n) is 3.98. The van der Waals surface area contributed by atoms with Crippen LogP contribution in [-0.4, -0.2) is 19.9 Å². The summed E-state index contributed by atoms with van der Waals surface area (Å²) < 4.78 is 0. The molecule has 2 aromatic rings. The van der Waals surface area contributed by atoms with Crippen molar-refractivity contribution in [3.05, 3.63) is 51.7 Å². The highest BCUT2D eigenvalue weighted by molar-refractivity contribution is 5.22. The molecule has 0 atom stereocenters. The fraction of sp³-hybridized carbons (Fsp3) is 0. The van der Waals surface area contributed by atoms with Gasteiger partial charge in [-0.05, 0) is 6.07 Å². The molecule has 0 bridgehead atoms. The lowest BCUT2D eigenvalue weighted by Gasteiger charge is -1.84. The van der Waals surface area contributed by atoms with Crippen molar-refractivity contribution in [2.75, 3.05) is 5.73 Å². The molecule has 2 heterocycles. The van der Waals surface area contributed by atoms with Crippen LogP contribution < -0.4 is 17.0 Å². The molecule has 0 radical (unpaired) electrons. The standard InChI is InChI=1S/C4H5N3O.C4H4N2O/c5-3-1-2-6-4(8)7-3;7-4-1-2-5-3-6-4/h1-2H,(H3,5,6,7,8);1-3H,(H,5,6,7). The van der Waals surface area contributed by atoms with Crippen molar-refractivity contribution in [2.24, 2.45) is 0 Å². The monoisotopic (exact) mass is 207 g/mol. The summed E-state index contributed by atoms with van der Waals surface area (Å²) in [6.45, 7) is 0. The highest BCUT2D eigenvalue weighted by Crippen LogP contribution is 1.82. The third kappa shape index (κ3) is 4.36. The lowest BCUT2D eigenvalue weighted by Crippen LogP contribution is -2.10. The van der Waals surface area contributed by atoms with E-state index in [1.807, 2.05) is 0 Å². The van der Waals surface area contributed by atoms with Gasteiger partial charge in [-0.2, -0.15) is 0 Å². The van der Waals surface area contributed by atoms with E-state index < -0.39 is 5.69 Å². The number of nitrogen functional groups attached to an aromatic ring is 1. The average molecular weight is 207 g/mol. The minimum atomic E-state index is -0.412. The molecule has 15 heavy (non-hydrogen) atoms. The minimum Gasteiger partial charge on any atom is -0.385 e. The third-order valence-electron chi connectivity index (χ3n) is 1.29. The van der Waals surface area contributed by atoms with Crippen molar-refractivity contribution in [1.29, 1.82) is 0 Å². The quantitative estimate of drug-likeness (QED) is 0.518. The van der Waals surface area contributed by atoms with E-state index in [4.69, 9.17) is 5.73 Å². The van der Waals surface area contributed by atoms with Crippen LogP contribution in [0.1, 0.15) is 0 Å². The van der Waals surface area contributed by atoms with Crippen molar-refractivity contribution < 1.29 is 0 Å². The predicted octanol–water partition coefficient (Wildman–Crippen LogP) is -0.878. The zero-order chi connectivity index (χ0) is 11.1. The van der Waals surface area contributed by atoms with Crippen LogP contribution in [0.2, 0.25) is 0 Å². The van der Waals surface area contributed by atoms with Gasteiger partial charge in [-0.25, -0.2) is 14.8 Å². The van der Waals surface area contributed by atoms with Gasteiger partial charge in [-0.1, -0.05) is 0 Å². The molecule has 0 amide bonds. The molecule has 78 valence electrons. The number of nitrogens with zero attached hydrogens (tertiary/aromatic N) is 2. The van der Waals surface area contributed by atoms with E-state index in [9.17, 15) is 9.59 Å². The van der Waals surface area contributed by atoms with E-state index in [1.54, 1.807) is 0 Å². The Labute approximate surface area is 84.0 Å². The van der Waals surface area contributed by atoms with Crippen molar-refractivity contribution in [2.45, 2.75) is 0 Å². The van der Waals surface area contributed by atoms with Crippen LogP contribution in [-0.2, 0) is 0 Å². The number of aromatic amines is 2. The van der Waals surface area contributed by atoms with Crippen molar-refractivity contribution >= 4 is 5.82 Å². The second-order valence-electron chi connectivity index (χ2n) is 2.43.